The van der Waals surface area contributed by atoms with Crippen molar-refractivity contribution in [3.8, 4) is 0 Å². The van der Waals surface area contributed by atoms with Gasteiger partial charge in [0.05, 0.1) is 6.10 Å². The molecule has 0 saturated heterocycles. The molecule has 1 aromatic rings. The van der Waals surface area contributed by atoms with Gasteiger partial charge in [-0.3, -0.25) is 4.79 Å². The second-order valence-corrected chi connectivity index (χ2v) is 4.80. The summed E-state index contributed by atoms with van der Waals surface area (Å²) in [7, 11) is 0. The molecule has 1 rings (SSSR count). The molecular weight excluding hydrogens is 233 g/mol. The fraction of sp³-hybridized carbons (Fsp3) is 0.500. The minimum atomic E-state index is -0.726. The number of halogens is 1. The Morgan fingerprint density at radius 2 is 1.94 bits per heavy atom. The molecule has 0 spiro atoms. The number of aliphatic hydroxyl groups is 1. The van der Waals surface area contributed by atoms with E-state index in [9.17, 15) is 14.3 Å². The number of hydrogen-bond donors (Lipinski definition) is 2. The van der Waals surface area contributed by atoms with Crippen molar-refractivity contribution in [3.05, 3.63) is 35.6 Å². The SMILES string of the molecule is CC(C)CNC(=O)CCC(O)c1ccc(F)cc1. The van der Waals surface area contributed by atoms with Crippen molar-refractivity contribution in [1.29, 1.82) is 0 Å². The fourth-order valence-corrected chi connectivity index (χ4v) is 1.53. The average molecular weight is 253 g/mol. The first-order chi connectivity index (χ1) is 8.49. The van der Waals surface area contributed by atoms with Gasteiger partial charge in [-0.15, -0.1) is 0 Å². The van der Waals surface area contributed by atoms with Crippen LogP contribution in [0.3, 0.4) is 0 Å². The van der Waals surface area contributed by atoms with E-state index >= 15 is 0 Å². The summed E-state index contributed by atoms with van der Waals surface area (Å²) >= 11 is 0. The summed E-state index contributed by atoms with van der Waals surface area (Å²) in [4.78, 5) is 11.5. The molecule has 1 aromatic carbocycles. The maximum Gasteiger partial charge on any atom is 0.220 e. The van der Waals surface area contributed by atoms with E-state index in [-0.39, 0.29) is 18.1 Å². The number of aliphatic hydroxyl groups excluding tert-OH is 1. The molecule has 100 valence electrons. The monoisotopic (exact) mass is 253 g/mol. The van der Waals surface area contributed by atoms with Gasteiger partial charge in [0.2, 0.25) is 5.91 Å². The predicted octanol–water partition coefficient (Wildman–Crippen LogP) is 2.41. The van der Waals surface area contributed by atoms with E-state index in [0.717, 1.165) is 0 Å². The lowest BCUT2D eigenvalue weighted by Crippen LogP contribution is -2.27. The van der Waals surface area contributed by atoms with Gasteiger partial charge in [-0.05, 0) is 30.0 Å². The first-order valence-electron chi connectivity index (χ1n) is 6.19. The molecule has 3 nitrogen and oxygen atoms in total. The second kappa shape index (κ2) is 7.11. The van der Waals surface area contributed by atoms with Gasteiger partial charge in [0, 0.05) is 13.0 Å². The average Bonchev–Trinajstić information content (AvgIpc) is 2.34. The zero-order chi connectivity index (χ0) is 13.5. The van der Waals surface area contributed by atoms with E-state index in [1.165, 1.54) is 24.3 Å². The van der Waals surface area contributed by atoms with Crippen molar-refractivity contribution in [3.63, 3.8) is 0 Å². The number of nitrogens with one attached hydrogen (secondary N) is 1. The third-order valence-corrected chi connectivity index (χ3v) is 2.61. The van der Waals surface area contributed by atoms with Crippen LogP contribution >= 0.6 is 0 Å². The van der Waals surface area contributed by atoms with Crippen LogP contribution in [-0.4, -0.2) is 17.6 Å². The first-order valence-corrected chi connectivity index (χ1v) is 6.19. The third-order valence-electron chi connectivity index (χ3n) is 2.61. The number of rotatable bonds is 6. The molecule has 0 bridgehead atoms. The lowest BCUT2D eigenvalue weighted by Gasteiger charge is -2.11. The highest BCUT2D eigenvalue weighted by Gasteiger charge is 2.10. The van der Waals surface area contributed by atoms with Crippen LogP contribution in [0, 0.1) is 11.7 Å². The van der Waals surface area contributed by atoms with E-state index in [1.807, 2.05) is 13.8 Å². The van der Waals surface area contributed by atoms with Crippen LogP contribution in [0.4, 0.5) is 4.39 Å². The molecule has 0 aliphatic carbocycles. The summed E-state index contributed by atoms with van der Waals surface area (Å²) in [5.74, 6) is 0.0152. The van der Waals surface area contributed by atoms with Crippen molar-refractivity contribution >= 4 is 5.91 Å². The lowest BCUT2D eigenvalue weighted by molar-refractivity contribution is -0.121. The maximum atomic E-state index is 12.7. The molecule has 2 N–H and O–H groups in total. The number of benzene rings is 1. The molecule has 0 heterocycles. The van der Waals surface area contributed by atoms with Crippen LogP contribution < -0.4 is 5.32 Å². The van der Waals surface area contributed by atoms with Crippen molar-refractivity contribution in [1.82, 2.24) is 5.32 Å². The highest BCUT2D eigenvalue weighted by atomic mass is 19.1. The van der Waals surface area contributed by atoms with Gasteiger partial charge in [0.25, 0.3) is 0 Å². The molecule has 1 atom stereocenters. The Labute approximate surface area is 107 Å². The van der Waals surface area contributed by atoms with Crippen molar-refractivity contribution in [2.45, 2.75) is 32.8 Å². The summed E-state index contributed by atoms with van der Waals surface area (Å²) in [6, 6.07) is 5.67. The summed E-state index contributed by atoms with van der Waals surface area (Å²) in [5, 5.41) is 12.6. The molecule has 0 fully saturated rings. The van der Waals surface area contributed by atoms with Crippen LogP contribution in [0.1, 0.15) is 38.4 Å². The van der Waals surface area contributed by atoms with Crippen LogP contribution in [0.2, 0.25) is 0 Å². The summed E-state index contributed by atoms with van der Waals surface area (Å²) < 4.78 is 12.7. The normalized spacial score (nSPS) is 12.5. The van der Waals surface area contributed by atoms with Gasteiger partial charge in [-0.25, -0.2) is 4.39 Å². The Morgan fingerprint density at radius 3 is 2.50 bits per heavy atom. The minimum Gasteiger partial charge on any atom is -0.388 e. The molecule has 0 aliphatic heterocycles. The van der Waals surface area contributed by atoms with E-state index in [2.05, 4.69) is 5.32 Å². The standard InChI is InChI=1S/C14H20FNO2/c1-10(2)9-16-14(18)8-7-13(17)11-3-5-12(15)6-4-11/h3-6,10,13,17H,7-9H2,1-2H3,(H,16,18). The topological polar surface area (TPSA) is 49.3 Å². The Balaban J connectivity index is 2.34. The molecule has 1 amide bonds. The number of carbonyl (C=O) groups excluding carboxylic acids is 1. The largest absolute Gasteiger partial charge is 0.388 e. The fourth-order valence-electron chi connectivity index (χ4n) is 1.53. The zero-order valence-corrected chi connectivity index (χ0v) is 10.8. The molecule has 18 heavy (non-hydrogen) atoms. The van der Waals surface area contributed by atoms with E-state index < -0.39 is 6.10 Å². The molecule has 1 unspecified atom stereocenters. The quantitative estimate of drug-likeness (QED) is 0.818. The van der Waals surface area contributed by atoms with Crippen LogP contribution in [0.5, 0.6) is 0 Å². The predicted molar refractivity (Wildman–Crippen MR) is 68.4 cm³/mol. The van der Waals surface area contributed by atoms with E-state index in [0.29, 0.717) is 24.4 Å². The van der Waals surface area contributed by atoms with Gasteiger partial charge in [0.15, 0.2) is 0 Å². The van der Waals surface area contributed by atoms with Gasteiger partial charge < -0.3 is 10.4 Å². The number of amides is 1. The van der Waals surface area contributed by atoms with Crippen LogP contribution in [0.25, 0.3) is 0 Å². The van der Waals surface area contributed by atoms with Crippen molar-refractivity contribution < 1.29 is 14.3 Å². The van der Waals surface area contributed by atoms with Crippen molar-refractivity contribution in [2.24, 2.45) is 5.92 Å². The van der Waals surface area contributed by atoms with Crippen LogP contribution in [-0.2, 0) is 4.79 Å². The smallest absolute Gasteiger partial charge is 0.220 e. The number of hydrogen-bond acceptors (Lipinski definition) is 2. The van der Waals surface area contributed by atoms with Gasteiger partial charge in [0.1, 0.15) is 5.82 Å². The van der Waals surface area contributed by atoms with Gasteiger partial charge in [-0.2, -0.15) is 0 Å². The van der Waals surface area contributed by atoms with Gasteiger partial charge >= 0.3 is 0 Å². The highest BCUT2D eigenvalue weighted by molar-refractivity contribution is 5.75. The summed E-state index contributed by atoms with van der Waals surface area (Å²) in [6.45, 7) is 4.69. The Bertz CT molecular complexity index is 376. The maximum absolute atomic E-state index is 12.7. The molecule has 0 saturated carbocycles. The summed E-state index contributed by atoms with van der Waals surface area (Å²) in [6.07, 6.45) is -0.115. The third kappa shape index (κ3) is 5.27. The second-order valence-electron chi connectivity index (χ2n) is 4.80. The molecule has 0 aromatic heterocycles. The molecule has 0 aliphatic rings. The minimum absolute atomic E-state index is 0.0649. The number of carbonyl (C=O) groups is 1. The Morgan fingerprint density at radius 1 is 1.33 bits per heavy atom. The lowest BCUT2D eigenvalue weighted by atomic mass is 10.0. The van der Waals surface area contributed by atoms with E-state index in [4.69, 9.17) is 0 Å². The summed E-state index contributed by atoms with van der Waals surface area (Å²) in [5.41, 5.74) is 0.632. The molecular formula is C14H20FNO2. The van der Waals surface area contributed by atoms with E-state index in [1.54, 1.807) is 0 Å². The molecule has 4 heteroatoms. The Kier molecular flexibility index (Phi) is 5.78. The highest BCUT2D eigenvalue weighted by Crippen LogP contribution is 2.18. The Hall–Kier alpha value is -1.42. The molecule has 0 radical (unpaired) electrons. The van der Waals surface area contributed by atoms with Gasteiger partial charge in [-0.1, -0.05) is 26.0 Å². The zero-order valence-electron chi connectivity index (χ0n) is 10.8. The first kappa shape index (κ1) is 14.6. The van der Waals surface area contributed by atoms with Crippen LogP contribution in [0.15, 0.2) is 24.3 Å². The van der Waals surface area contributed by atoms with Crippen molar-refractivity contribution in [2.75, 3.05) is 6.54 Å².